The molecule has 2 heteroatoms. The third-order valence-corrected chi connectivity index (χ3v) is 1.78. The molecule has 0 aliphatic carbocycles. The zero-order valence-electron chi connectivity index (χ0n) is 6.45. The van der Waals surface area contributed by atoms with Crippen LogP contribution in [0.3, 0.4) is 0 Å². The normalized spacial score (nSPS) is 11.3. The molecule has 0 radical (unpaired) electrons. The largest absolute Gasteiger partial charge is 0.246 e. The molecule has 1 nitrogen and oxygen atoms in total. The van der Waals surface area contributed by atoms with Crippen LogP contribution in [-0.2, 0) is 0 Å². The van der Waals surface area contributed by atoms with E-state index in [1.165, 1.54) is 0 Å². The molecule has 0 aromatic heterocycles. The van der Waals surface area contributed by atoms with Gasteiger partial charge in [0.2, 0.25) is 0 Å². The van der Waals surface area contributed by atoms with Gasteiger partial charge >= 0.3 is 0 Å². The smallest absolute Gasteiger partial charge is 0.0833 e. The fraction of sp³-hybridized carbons (Fsp3) is 0.375. The third-order valence-electron chi connectivity index (χ3n) is 1.04. The Hall–Kier alpha value is -0.370. The first-order chi connectivity index (χ1) is 4.57. The Morgan fingerprint density at radius 1 is 1.50 bits per heavy atom. The van der Waals surface area contributed by atoms with Gasteiger partial charge in [-0.1, -0.05) is 20.1 Å². The van der Waals surface area contributed by atoms with Crippen LogP contribution < -0.4 is 0 Å². The van der Waals surface area contributed by atoms with E-state index in [1.54, 1.807) is 0 Å². The van der Waals surface area contributed by atoms with Gasteiger partial charge in [0.15, 0.2) is 0 Å². The van der Waals surface area contributed by atoms with E-state index in [0.717, 1.165) is 22.3 Å². The standard InChI is InChI=1S/C8H12BrN/c1-5-8(9)10-7(4)6(2)3/h2,4-5H2,1,3H3. The minimum Gasteiger partial charge on any atom is -0.246 e. The van der Waals surface area contributed by atoms with Gasteiger partial charge in [-0.05, 0) is 34.8 Å². The van der Waals surface area contributed by atoms with E-state index in [1.807, 2.05) is 13.8 Å². The molecule has 0 aliphatic rings. The van der Waals surface area contributed by atoms with Crippen molar-refractivity contribution in [1.29, 1.82) is 0 Å². The zero-order valence-corrected chi connectivity index (χ0v) is 8.03. The maximum atomic E-state index is 4.13. The molecule has 0 spiro atoms. The summed E-state index contributed by atoms with van der Waals surface area (Å²) in [6, 6.07) is 0. The van der Waals surface area contributed by atoms with Gasteiger partial charge < -0.3 is 0 Å². The molecule has 0 saturated carbocycles. The van der Waals surface area contributed by atoms with Gasteiger partial charge in [-0.3, -0.25) is 0 Å². The molecule has 0 atom stereocenters. The van der Waals surface area contributed by atoms with Gasteiger partial charge in [0, 0.05) is 0 Å². The number of aliphatic imine (C=N–C) groups is 1. The summed E-state index contributed by atoms with van der Waals surface area (Å²) in [5.74, 6) is 0. The van der Waals surface area contributed by atoms with E-state index >= 15 is 0 Å². The number of allylic oxidation sites excluding steroid dienone is 1. The topological polar surface area (TPSA) is 12.4 Å². The fourth-order valence-electron chi connectivity index (χ4n) is 0.321. The van der Waals surface area contributed by atoms with Crippen LogP contribution in [-0.4, -0.2) is 4.62 Å². The summed E-state index contributed by atoms with van der Waals surface area (Å²) in [6.07, 6.45) is 0.895. The van der Waals surface area contributed by atoms with Gasteiger partial charge in [-0.25, -0.2) is 4.99 Å². The highest BCUT2D eigenvalue weighted by atomic mass is 79.9. The summed E-state index contributed by atoms with van der Waals surface area (Å²) in [6.45, 7) is 11.4. The Bertz CT molecular complexity index is 180. The first-order valence-electron chi connectivity index (χ1n) is 3.15. The summed E-state index contributed by atoms with van der Waals surface area (Å²) in [4.78, 5) is 4.13. The number of halogens is 1. The van der Waals surface area contributed by atoms with E-state index in [2.05, 4.69) is 34.1 Å². The summed E-state index contributed by atoms with van der Waals surface area (Å²) in [7, 11) is 0. The molecule has 0 fully saturated rings. The minimum atomic E-state index is 0.744. The Labute approximate surface area is 70.7 Å². The van der Waals surface area contributed by atoms with Crippen LogP contribution in [0.5, 0.6) is 0 Å². The highest BCUT2D eigenvalue weighted by Crippen LogP contribution is 2.08. The van der Waals surface area contributed by atoms with Crippen molar-refractivity contribution in [3.63, 3.8) is 0 Å². The average Bonchev–Trinajstić information content (AvgIpc) is 1.87. The summed E-state index contributed by atoms with van der Waals surface area (Å²) < 4.78 is 0.917. The molecule has 0 aromatic carbocycles. The Kier molecular flexibility index (Phi) is 4.28. The van der Waals surface area contributed by atoms with Crippen molar-refractivity contribution in [2.45, 2.75) is 20.3 Å². The van der Waals surface area contributed by atoms with Crippen molar-refractivity contribution >= 4 is 20.6 Å². The molecular formula is C8H12BrN. The molecule has 0 aliphatic heterocycles. The molecule has 0 bridgehead atoms. The number of rotatable bonds is 3. The zero-order chi connectivity index (χ0) is 8.15. The van der Waals surface area contributed by atoms with Gasteiger partial charge in [0.25, 0.3) is 0 Å². The summed E-state index contributed by atoms with van der Waals surface area (Å²) in [5.41, 5.74) is 1.65. The van der Waals surface area contributed by atoms with E-state index < -0.39 is 0 Å². The van der Waals surface area contributed by atoms with E-state index in [-0.39, 0.29) is 0 Å². The van der Waals surface area contributed by atoms with Crippen molar-refractivity contribution < 1.29 is 0 Å². The minimum absolute atomic E-state index is 0.744. The van der Waals surface area contributed by atoms with Gasteiger partial charge in [0.1, 0.15) is 0 Å². The van der Waals surface area contributed by atoms with Crippen LogP contribution in [0.4, 0.5) is 0 Å². The van der Waals surface area contributed by atoms with Gasteiger partial charge in [-0.15, -0.1) is 0 Å². The first-order valence-corrected chi connectivity index (χ1v) is 3.95. The number of nitrogens with zero attached hydrogens (tertiary/aromatic N) is 1. The first kappa shape index (κ1) is 9.63. The molecule has 0 heterocycles. The monoisotopic (exact) mass is 201 g/mol. The Balaban J connectivity index is 4.13. The predicted molar refractivity (Wildman–Crippen MR) is 50.6 cm³/mol. The molecular weight excluding hydrogens is 190 g/mol. The van der Waals surface area contributed by atoms with Crippen molar-refractivity contribution in [2.24, 2.45) is 4.99 Å². The van der Waals surface area contributed by atoms with Crippen LogP contribution >= 0.6 is 15.9 Å². The molecule has 0 unspecified atom stereocenters. The fourth-order valence-corrected chi connectivity index (χ4v) is 0.535. The van der Waals surface area contributed by atoms with Crippen molar-refractivity contribution in [2.75, 3.05) is 0 Å². The summed E-state index contributed by atoms with van der Waals surface area (Å²) >= 11 is 3.29. The molecule has 0 amide bonds. The highest BCUT2D eigenvalue weighted by Gasteiger charge is 1.92. The highest BCUT2D eigenvalue weighted by molar-refractivity contribution is 9.18. The molecule has 0 N–H and O–H groups in total. The third kappa shape index (κ3) is 3.62. The average molecular weight is 202 g/mol. The SMILES string of the molecule is C=C(C)C(=C)N=C(Br)CC. The second-order valence-corrected chi connectivity index (χ2v) is 2.98. The molecule has 0 aromatic rings. The van der Waals surface area contributed by atoms with E-state index in [0.29, 0.717) is 0 Å². The lowest BCUT2D eigenvalue weighted by Crippen LogP contribution is -1.84. The van der Waals surface area contributed by atoms with Gasteiger partial charge in [-0.2, -0.15) is 0 Å². The molecule has 0 saturated heterocycles. The van der Waals surface area contributed by atoms with E-state index in [9.17, 15) is 0 Å². The van der Waals surface area contributed by atoms with E-state index in [4.69, 9.17) is 0 Å². The summed E-state index contributed by atoms with van der Waals surface area (Å²) in [5, 5.41) is 0. The molecule has 10 heavy (non-hydrogen) atoms. The Morgan fingerprint density at radius 2 is 2.00 bits per heavy atom. The lowest BCUT2D eigenvalue weighted by atomic mass is 10.3. The number of hydrogen-bond donors (Lipinski definition) is 0. The quantitative estimate of drug-likeness (QED) is 0.491. The van der Waals surface area contributed by atoms with Crippen LogP contribution in [0.15, 0.2) is 29.4 Å². The van der Waals surface area contributed by atoms with Crippen molar-refractivity contribution in [3.05, 3.63) is 24.4 Å². The van der Waals surface area contributed by atoms with Crippen molar-refractivity contribution in [3.8, 4) is 0 Å². The lowest BCUT2D eigenvalue weighted by molar-refractivity contribution is 1.26. The maximum absolute atomic E-state index is 4.13. The second kappa shape index (κ2) is 4.45. The van der Waals surface area contributed by atoms with Crippen LogP contribution in [0.2, 0.25) is 0 Å². The van der Waals surface area contributed by atoms with Gasteiger partial charge in [0.05, 0.1) is 10.3 Å². The Morgan fingerprint density at radius 3 is 2.30 bits per heavy atom. The van der Waals surface area contributed by atoms with Crippen LogP contribution in [0.1, 0.15) is 20.3 Å². The predicted octanol–water partition coefficient (Wildman–Crippen LogP) is 3.28. The maximum Gasteiger partial charge on any atom is 0.0833 e. The van der Waals surface area contributed by atoms with Crippen LogP contribution in [0.25, 0.3) is 0 Å². The molecule has 56 valence electrons. The van der Waals surface area contributed by atoms with Crippen LogP contribution in [0, 0.1) is 0 Å². The number of hydrogen-bond acceptors (Lipinski definition) is 1. The molecule has 0 rings (SSSR count). The lowest BCUT2D eigenvalue weighted by Gasteiger charge is -1.97. The van der Waals surface area contributed by atoms with Crippen molar-refractivity contribution in [1.82, 2.24) is 0 Å². The second-order valence-electron chi connectivity index (χ2n) is 2.07.